The summed E-state index contributed by atoms with van der Waals surface area (Å²) in [7, 11) is -3.93. The summed E-state index contributed by atoms with van der Waals surface area (Å²) in [6.45, 7) is 2.30. The molecular formula is C15H16ClN5O4S. The molecule has 1 unspecified atom stereocenters. The van der Waals surface area contributed by atoms with Gasteiger partial charge in [-0.1, -0.05) is 11.6 Å². The third kappa shape index (κ3) is 3.04. The maximum absolute atomic E-state index is 12.9. The van der Waals surface area contributed by atoms with Crippen LogP contribution in [0.4, 0.5) is 5.69 Å². The average Bonchev–Trinajstić information content (AvgIpc) is 2.95. The third-order valence-electron chi connectivity index (χ3n) is 4.23. The van der Waals surface area contributed by atoms with Gasteiger partial charge in [0.1, 0.15) is 22.3 Å². The van der Waals surface area contributed by atoms with E-state index < -0.39 is 16.1 Å². The van der Waals surface area contributed by atoms with Gasteiger partial charge in [-0.05, 0) is 25.8 Å². The lowest BCUT2D eigenvalue weighted by molar-refractivity contribution is -0.118. The number of benzene rings is 1. The summed E-state index contributed by atoms with van der Waals surface area (Å²) < 4.78 is 35.5. The predicted octanol–water partition coefficient (Wildman–Crippen LogP) is 1.38. The highest BCUT2D eigenvalue weighted by Crippen LogP contribution is 2.36. The van der Waals surface area contributed by atoms with E-state index in [4.69, 9.17) is 16.3 Å². The van der Waals surface area contributed by atoms with Crippen LogP contribution < -0.4 is 14.8 Å². The summed E-state index contributed by atoms with van der Waals surface area (Å²) in [5, 5.41) is 6.86. The number of carbonyl (C=O) groups is 1. The molecule has 9 nitrogen and oxygen atoms in total. The van der Waals surface area contributed by atoms with Crippen molar-refractivity contribution in [3.05, 3.63) is 28.8 Å². The van der Waals surface area contributed by atoms with E-state index in [9.17, 15) is 13.2 Å². The normalized spacial score (nSPS) is 19.3. The third-order valence-corrected chi connectivity index (χ3v) is 6.17. The number of sulfonamides is 1. The summed E-state index contributed by atoms with van der Waals surface area (Å²) in [6, 6.07) is 2.21. The highest BCUT2D eigenvalue weighted by molar-refractivity contribution is 7.89. The van der Waals surface area contributed by atoms with Gasteiger partial charge in [0.15, 0.2) is 6.61 Å². The van der Waals surface area contributed by atoms with Crippen LogP contribution in [0.25, 0.3) is 0 Å². The molecule has 0 fully saturated rings. The number of nitrogens with zero attached hydrogens (tertiary/aromatic N) is 3. The SMILES string of the molecule is Cc1nc2n(n1)CCCC2NS(=O)(=O)c1cc2c(cc1Cl)NC(=O)CO2. The summed E-state index contributed by atoms with van der Waals surface area (Å²) in [6.07, 6.45) is 1.41. The number of anilines is 1. The largest absolute Gasteiger partial charge is 0.482 e. The van der Waals surface area contributed by atoms with Gasteiger partial charge in [0.05, 0.1) is 16.8 Å². The molecule has 3 heterocycles. The van der Waals surface area contributed by atoms with Crippen molar-refractivity contribution in [2.24, 2.45) is 0 Å². The molecule has 1 atom stereocenters. The number of hydrogen-bond donors (Lipinski definition) is 2. The minimum atomic E-state index is -3.93. The topological polar surface area (TPSA) is 115 Å². The van der Waals surface area contributed by atoms with Crippen molar-refractivity contribution in [2.75, 3.05) is 11.9 Å². The first-order valence-corrected chi connectivity index (χ1v) is 9.89. The monoisotopic (exact) mass is 397 g/mol. The standard InChI is InChI=1S/C15H16ClN5O4S/c1-8-17-15-10(3-2-4-21(15)19-8)20-26(23,24)13-6-12-11(5-9(13)16)18-14(22)7-25-12/h5-6,10,20H,2-4,7H2,1H3,(H,18,22). The fourth-order valence-corrected chi connectivity index (χ4v) is 4.89. The molecule has 2 aromatic rings. The van der Waals surface area contributed by atoms with Crippen LogP contribution in [0.5, 0.6) is 5.75 Å². The van der Waals surface area contributed by atoms with Crippen molar-refractivity contribution >= 4 is 33.2 Å². The first kappa shape index (κ1) is 17.3. The second kappa shape index (κ2) is 6.22. The zero-order valence-electron chi connectivity index (χ0n) is 13.8. The second-order valence-corrected chi connectivity index (χ2v) is 8.26. The number of halogens is 1. The maximum atomic E-state index is 12.9. The Labute approximate surface area is 154 Å². The molecule has 1 aromatic carbocycles. The van der Waals surface area contributed by atoms with Crippen molar-refractivity contribution in [3.63, 3.8) is 0 Å². The number of aromatic nitrogens is 3. The molecule has 0 saturated carbocycles. The minimum absolute atomic E-state index is 0.00416. The first-order chi connectivity index (χ1) is 12.3. The van der Waals surface area contributed by atoms with Crippen molar-refractivity contribution in [3.8, 4) is 5.75 Å². The van der Waals surface area contributed by atoms with Crippen LogP contribution in [-0.2, 0) is 21.4 Å². The van der Waals surface area contributed by atoms with E-state index in [1.807, 2.05) is 0 Å². The zero-order valence-corrected chi connectivity index (χ0v) is 15.4. The molecule has 0 radical (unpaired) electrons. The molecule has 1 amide bonds. The van der Waals surface area contributed by atoms with Crippen molar-refractivity contribution in [1.29, 1.82) is 0 Å². The lowest BCUT2D eigenvalue weighted by Gasteiger charge is -2.24. The molecule has 138 valence electrons. The lowest BCUT2D eigenvalue weighted by Crippen LogP contribution is -2.33. The van der Waals surface area contributed by atoms with Gasteiger partial charge in [0, 0.05) is 12.6 Å². The van der Waals surface area contributed by atoms with Crippen LogP contribution in [0.1, 0.15) is 30.5 Å². The highest BCUT2D eigenvalue weighted by atomic mass is 35.5. The Morgan fingerprint density at radius 3 is 3.04 bits per heavy atom. The first-order valence-electron chi connectivity index (χ1n) is 8.03. The average molecular weight is 398 g/mol. The quantitative estimate of drug-likeness (QED) is 0.808. The molecule has 2 N–H and O–H groups in total. The van der Waals surface area contributed by atoms with Gasteiger partial charge in [-0.2, -0.15) is 5.10 Å². The molecule has 26 heavy (non-hydrogen) atoms. The smallest absolute Gasteiger partial charge is 0.262 e. The predicted molar refractivity (Wildman–Crippen MR) is 92.6 cm³/mol. The number of aryl methyl sites for hydroxylation is 2. The van der Waals surface area contributed by atoms with Crippen LogP contribution >= 0.6 is 11.6 Å². The highest BCUT2D eigenvalue weighted by Gasteiger charge is 2.31. The van der Waals surface area contributed by atoms with Crippen molar-refractivity contribution in [2.45, 2.75) is 37.2 Å². The number of rotatable bonds is 3. The van der Waals surface area contributed by atoms with Crippen LogP contribution in [0, 0.1) is 6.92 Å². The number of ether oxygens (including phenoxy) is 1. The maximum Gasteiger partial charge on any atom is 0.262 e. The molecule has 4 rings (SSSR count). The molecule has 0 saturated heterocycles. The van der Waals surface area contributed by atoms with Gasteiger partial charge < -0.3 is 10.1 Å². The van der Waals surface area contributed by atoms with Crippen molar-refractivity contribution < 1.29 is 17.9 Å². The molecule has 2 aliphatic heterocycles. The van der Waals surface area contributed by atoms with Crippen LogP contribution in [0.15, 0.2) is 17.0 Å². The number of nitrogens with one attached hydrogen (secondary N) is 2. The van der Waals surface area contributed by atoms with E-state index in [2.05, 4.69) is 20.1 Å². The molecule has 2 aliphatic rings. The molecule has 1 aromatic heterocycles. The summed E-state index contributed by atoms with van der Waals surface area (Å²) >= 11 is 6.16. The Kier molecular flexibility index (Phi) is 4.13. The molecule has 0 bridgehead atoms. The van der Waals surface area contributed by atoms with Crippen LogP contribution in [0.3, 0.4) is 0 Å². The molecular weight excluding hydrogens is 382 g/mol. The van der Waals surface area contributed by atoms with Gasteiger partial charge in [-0.3, -0.25) is 4.79 Å². The van der Waals surface area contributed by atoms with E-state index >= 15 is 0 Å². The molecule has 0 aliphatic carbocycles. The van der Waals surface area contributed by atoms with E-state index in [0.717, 1.165) is 6.42 Å². The van der Waals surface area contributed by atoms with Crippen LogP contribution in [0.2, 0.25) is 5.02 Å². The lowest BCUT2D eigenvalue weighted by atomic mass is 10.1. The number of hydrogen-bond acceptors (Lipinski definition) is 6. The summed E-state index contributed by atoms with van der Waals surface area (Å²) in [5.74, 6) is 1.13. The minimum Gasteiger partial charge on any atom is -0.482 e. The van der Waals surface area contributed by atoms with Gasteiger partial charge in [-0.25, -0.2) is 22.8 Å². The number of carbonyl (C=O) groups excluding carboxylic acids is 1. The number of fused-ring (bicyclic) bond motifs is 2. The van der Waals surface area contributed by atoms with E-state index in [1.165, 1.54) is 12.1 Å². The van der Waals surface area contributed by atoms with E-state index in [-0.39, 0.29) is 28.2 Å². The summed E-state index contributed by atoms with van der Waals surface area (Å²) in [4.78, 5) is 15.6. The zero-order chi connectivity index (χ0) is 18.5. The van der Waals surface area contributed by atoms with Crippen molar-refractivity contribution in [1.82, 2.24) is 19.5 Å². The Morgan fingerprint density at radius 1 is 1.42 bits per heavy atom. The Morgan fingerprint density at radius 2 is 2.23 bits per heavy atom. The van der Waals surface area contributed by atoms with Gasteiger partial charge in [-0.15, -0.1) is 0 Å². The Bertz CT molecular complexity index is 1000. The molecule has 11 heteroatoms. The fourth-order valence-electron chi connectivity index (χ4n) is 3.12. The van der Waals surface area contributed by atoms with E-state index in [1.54, 1.807) is 11.6 Å². The second-order valence-electron chi connectivity index (χ2n) is 6.17. The summed E-state index contributed by atoms with van der Waals surface area (Å²) in [5.41, 5.74) is 0.346. The number of amides is 1. The molecule has 0 spiro atoms. The van der Waals surface area contributed by atoms with E-state index in [0.29, 0.717) is 30.3 Å². The van der Waals surface area contributed by atoms with Gasteiger partial charge in [0.2, 0.25) is 10.0 Å². The van der Waals surface area contributed by atoms with Gasteiger partial charge in [0.25, 0.3) is 5.91 Å². The Balaban J connectivity index is 1.67. The van der Waals surface area contributed by atoms with Crippen LogP contribution in [-0.4, -0.2) is 35.7 Å². The fraction of sp³-hybridized carbons (Fsp3) is 0.400. The Hall–Kier alpha value is -2.17. The van der Waals surface area contributed by atoms with Gasteiger partial charge >= 0.3 is 0 Å².